The number of amides is 6. The van der Waals surface area contributed by atoms with Gasteiger partial charge in [-0.3, -0.25) is 29.5 Å². The van der Waals surface area contributed by atoms with Crippen LogP contribution < -0.4 is 20.9 Å². The minimum Gasteiger partial charge on any atom is -0.368 e. The van der Waals surface area contributed by atoms with Gasteiger partial charge in [-0.05, 0) is 61.6 Å². The number of nitrogens with zero attached hydrogens (tertiary/aromatic N) is 9. The molecule has 1 atom stereocenters. The Kier molecular flexibility index (Phi) is 10.5. The van der Waals surface area contributed by atoms with E-state index in [0.717, 1.165) is 22.5 Å². The number of unbranched alkanes of at least 4 members (excludes halogenated alkanes) is 1. The molecule has 2 fully saturated rings. The van der Waals surface area contributed by atoms with Crippen LogP contribution in [0.15, 0.2) is 53.4 Å². The van der Waals surface area contributed by atoms with Crippen LogP contribution >= 0.6 is 0 Å². The predicted molar refractivity (Wildman–Crippen MR) is 215 cm³/mol. The Morgan fingerprint density at radius 1 is 0.983 bits per heavy atom. The first kappa shape index (κ1) is 39.1. The van der Waals surface area contributed by atoms with Gasteiger partial charge in [0.05, 0.1) is 35.7 Å². The summed E-state index contributed by atoms with van der Waals surface area (Å²) in [5.74, 6) is -0.0277. The largest absolute Gasteiger partial charge is 0.368 e. The first-order chi connectivity index (χ1) is 28.3. The summed E-state index contributed by atoms with van der Waals surface area (Å²) in [6.07, 6.45) is 7.67. The molecule has 3 N–H and O–H groups in total. The Morgan fingerprint density at radius 3 is 2.56 bits per heavy atom. The van der Waals surface area contributed by atoms with Crippen LogP contribution in [0.1, 0.15) is 85.9 Å². The highest BCUT2D eigenvalue weighted by molar-refractivity contribution is 6.05. The van der Waals surface area contributed by atoms with E-state index in [4.69, 9.17) is 4.52 Å². The van der Waals surface area contributed by atoms with Crippen LogP contribution in [0.2, 0.25) is 0 Å². The summed E-state index contributed by atoms with van der Waals surface area (Å²) in [4.78, 5) is 82.3. The fourth-order valence-electron chi connectivity index (χ4n) is 7.98. The number of carbonyl (C=O) groups excluding carboxylic acids is 5. The molecule has 0 aliphatic carbocycles. The maximum absolute atomic E-state index is 13.1. The quantitative estimate of drug-likeness (QED) is 0.134. The molecule has 0 bridgehead atoms. The lowest BCUT2D eigenvalue weighted by Gasteiger charge is -2.36. The number of pyridine rings is 1. The highest BCUT2D eigenvalue weighted by Gasteiger charge is 2.39. The topological polar surface area (TPSA) is 213 Å². The molecular formula is C41H46N12O6. The zero-order valence-electron chi connectivity index (χ0n) is 33.4. The SMILES string of the molecule is Cc1cc(NC(=O)Nc2cnc3ccnn3c2C(C)(C)C)cnc1-c1noc(CCCCC(=O)N2CCN(c3ccc4c(c3)CN(C3CCC(=O)NC3=O)C4=O)CC2)n1. The number of fused-ring (bicyclic) bond motifs is 2. The first-order valence-electron chi connectivity index (χ1n) is 19.8. The molecule has 2 saturated heterocycles. The molecular weight excluding hydrogens is 757 g/mol. The molecule has 4 aromatic heterocycles. The summed E-state index contributed by atoms with van der Waals surface area (Å²) < 4.78 is 7.24. The van der Waals surface area contributed by atoms with Crippen molar-refractivity contribution in [3.63, 3.8) is 0 Å². The Bertz CT molecular complexity index is 2460. The molecule has 5 aromatic rings. The van der Waals surface area contributed by atoms with Crippen molar-refractivity contribution in [3.05, 3.63) is 77.2 Å². The molecule has 0 saturated carbocycles. The Hall–Kier alpha value is -6.72. The summed E-state index contributed by atoms with van der Waals surface area (Å²) in [7, 11) is 0. The number of aryl methyl sites for hydroxylation is 2. The molecule has 18 heteroatoms. The standard InChI is InChI=1S/C41H46N12O6/c1-24-19-26(45-40(58)46-29-22-42-31-13-14-44-53(31)36(29)41(2,3)4)21-43-35(24)37-48-33(59-49-37)7-5-6-8-34(55)51-17-15-50(16-18-51)27-9-10-28-25(20-27)23-52(39(28)57)30-11-12-32(54)47-38(30)56/h9-10,13-14,19-22,30H,5-8,11-12,15-18,23H2,1-4H3,(H2,45,46,58)(H,47,54,56). The average Bonchev–Trinajstić information content (AvgIpc) is 3.95. The van der Waals surface area contributed by atoms with Crippen molar-refractivity contribution in [2.24, 2.45) is 0 Å². The van der Waals surface area contributed by atoms with Crippen LogP contribution in [0.25, 0.3) is 17.2 Å². The molecule has 6 amide bonds. The first-order valence-corrected chi connectivity index (χ1v) is 19.8. The lowest BCUT2D eigenvalue weighted by molar-refractivity contribution is -0.137. The van der Waals surface area contributed by atoms with Crippen molar-refractivity contribution >= 4 is 52.4 Å². The van der Waals surface area contributed by atoms with E-state index in [1.165, 1.54) is 6.20 Å². The maximum Gasteiger partial charge on any atom is 0.323 e. The fraction of sp³-hybridized carbons (Fsp3) is 0.415. The van der Waals surface area contributed by atoms with E-state index in [1.807, 2.05) is 56.9 Å². The molecule has 18 nitrogen and oxygen atoms in total. The molecule has 1 unspecified atom stereocenters. The second-order valence-electron chi connectivity index (χ2n) is 16.2. The Labute approximate surface area is 339 Å². The Balaban J connectivity index is 0.778. The number of imide groups is 1. The van der Waals surface area contributed by atoms with E-state index in [2.05, 4.69) is 46.1 Å². The van der Waals surface area contributed by atoms with E-state index in [0.29, 0.717) is 105 Å². The van der Waals surface area contributed by atoms with E-state index in [1.54, 1.807) is 27.9 Å². The van der Waals surface area contributed by atoms with Crippen LogP contribution in [0, 0.1) is 6.92 Å². The van der Waals surface area contributed by atoms with Gasteiger partial charge in [0.15, 0.2) is 5.65 Å². The monoisotopic (exact) mass is 802 g/mol. The zero-order chi connectivity index (χ0) is 41.4. The van der Waals surface area contributed by atoms with Gasteiger partial charge in [0.25, 0.3) is 5.91 Å². The van der Waals surface area contributed by atoms with Crippen molar-refractivity contribution in [2.45, 2.75) is 84.2 Å². The predicted octanol–water partition coefficient (Wildman–Crippen LogP) is 4.25. The molecule has 7 heterocycles. The highest BCUT2D eigenvalue weighted by Crippen LogP contribution is 2.32. The number of rotatable bonds is 10. The van der Waals surface area contributed by atoms with E-state index >= 15 is 0 Å². The Morgan fingerprint density at radius 2 is 1.80 bits per heavy atom. The fourth-order valence-corrected chi connectivity index (χ4v) is 7.98. The second kappa shape index (κ2) is 15.9. The van der Waals surface area contributed by atoms with E-state index in [9.17, 15) is 24.0 Å². The lowest BCUT2D eigenvalue weighted by atomic mass is 9.90. The number of benzene rings is 1. The van der Waals surface area contributed by atoms with Gasteiger partial charge in [-0.2, -0.15) is 10.1 Å². The average molecular weight is 803 g/mol. The number of hydrogen-bond acceptors (Lipinski definition) is 12. The molecule has 8 rings (SSSR count). The van der Waals surface area contributed by atoms with Crippen molar-refractivity contribution in [1.29, 1.82) is 0 Å². The van der Waals surface area contributed by atoms with Crippen molar-refractivity contribution in [2.75, 3.05) is 41.7 Å². The van der Waals surface area contributed by atoms with Crippen molar-refractivity contribution in [3.8, 4) is 11.5 Å². The van der Waals surface area contributed by atoms with Gasteiger partial charge in [0.1, 0.15) is 11.7 Å². The third-order valence-electron chi connectivity index (χ3n) is 10.9. The normalized spacial score (nSPS) is 17.1. The van der Waals surface area contributed by atoms with Crippen LogP contribution in [0.3, 0.4) is 0 Å². The molecule has 306 valence electrons. The maximum atomic E-state index is 13.1. The smallest absolute Gasteiger partial charge is 0.323 e. The van der Waals surface area contributed by atoms with Gasteiger partial charge >= 0.3 is 6.03 Å². The lowest BCUT2D eigenvalue weighted by Crippen LogP contribution is -2.52. The van der Waals surface area contributed by atoms with Crippen LogP contribution in [-0.4, -0.2) is 101 Å². The number of aromatic nitrogens is 6. The number of piperidine rings is 1. The van der Waals surface area contributed by atoms with Crippen LogP contribution in [0.5, 0.6) is 0 Å². The third-order valence-corrected chi connectivity index (χ3v) is 10.9. The number of nitrogens with one attached hydrogen (secondary N) is 3. The van der Waals surface area contributed by atoms with Crippen LogP contribution in [-0.2, 0) is 32.8 Å². The summed E-state index contributed by atoms with van der Waals surface area (Å²) in [6.45, 7) is 10.8. The number of piperazine rings is 1. The second-order valence-corrected chi connectivity index (χ2v) is 16.2. The van der Waals surface area contributed by atoms with Gasteiger partial charge < -0.3 is 29.9 Å². The zero-order valence-corrected chi connectivity index (χ0v) is 33.4. The molecule has 59 heavy (non-hydrogen) atoms. The third kappa shape index (κ3) is 8.19. The molecule has 0 spiro atoms. The number of urea groups is 1. The molecule has 0 radical (unpaired) electrons. The van der Waals surface area contributed by atoms with Crippen molar-refractivity contribution < 1.29 is 28.5 Å². The molecule has 1 aromatic carbocycles. The van der Waals surface area contributed by atoms with Crippen molar-refractivity contribution in [1.82, 2.24) is 44.8 Å². The van der Waals surface area contributed by atoms with E-state index < -0.39 is 18.0 Å². The summed E-state index contributed by atoms with van der Waals surface area (Å²) in [5, 5.41) is 16.6. The van der Waals surface area contributed by atoms with Gasteiger partial charge in [0, 0.05) is 74.7 Å². The van der Waals surface area contributed by atoms with Gasteiger partial charge in [-0.1, -0.05) is 25.9 Å². The summed E-state index contributed by atoms with van der Waals surface area (Å²) in [5.41, 5.74) is 5.92. The van der Waals surface area contributed by atoms with Gasteiger partial charge in [0.2, 0.25) is 29.4 Å². The summed E-state index contributed by atoms with van der Waals surface area (Å²) >= 11 is 0. The highest BCUT2D eigenvalue weighted by atomic mass is 16.5. The minimum absolute atomic E-state index is 0.0998. The van der Waals surface area contributed by atoms with Crippen LogP contribution in [0.4, 0.5) is 21.9 Å². The van der Waals surface area contributed by atoms with Gasteiger partial charge in [-0.25, -0.2) is 14.3 Å². The molecule has 3 aliphatic heterocycles. The van der Waals surface area contributed by atoms with E-state index in [-0.39, 0.29) is 29.6 Å². The molecule has 3 aliphatic rings. The number of anilines is 3. The summed E-state index contributed by atoms with van der Waals surface area (Å²) in [6, 6.07) is 8.23. The minimum atomic E-state index is -0.648. The van der Waals surface area contributed by atoms with Gasteiger partial charge in [-0.15, -0.1) is 0 Å². The number of hydrogen-bond donors (Lipinski definition) is 3. The number of carbonyl (C=O) groups is 5.